The minimum atomic E-state index is -2.13. The van der Waals surface area contributed by atoms with Crippen LogP contribution in [-0.4, -0.2) is 302 Å². The Bertz CT molecular complexity index is 5710. The fourth-order valence-electron chi connectivity index (χ4n) is 14.9. The molecule has 50 nitrogen and oxygen atoms in total. The number of thioether (sulfide) groups is 1. The fraction of sp³-hybridized carbons (Fsp3) is 0.418. The van der Waals surface area contributed by atoms with Crippen molar-refractivity contribution in [1.82, 2.24) is 95.3 Å². The van der Waals surface area contributed by atoms with Gasteiger partial charge in [0.1, 0.15) is 95.8 Å². The molecule has 0 spiro atoms. The zero-order valence-corrected chi connectivity index (χ0v) is 78.4. The van der Waals surface area contributed by atoms with E-state index in [1.807, 2.05) is 0 Å². The molecule has 764 valence electrons. The topological polar surface area (TPSA) is 822 Å². The first-order valence-corrected chi connectivity index (χ1v) is 46.0. The summed E-state index contributed by atoms with van der Waals surface area (Å²) in [6.07, 6.45) is -6.19. The first kappa shape index (κ1) is 112. The summed E-state index contributed by atoms with van der Waals surface area (Å²) >= 11 is 0.433. The lowest BCUT2D eigenvalue weighted by Gasteiger charge is -2.29. The van der Waals surface area contributed by atoms with Gasteiger partial charge < -0.3 is 137 Å². The number of hydrogen-bond acceptors (Lipinski definition) is 29. The molecule has 0 aliphatic carbocycles. The predicted octanol–water partition coefficient (Wildman–Crippen LogP) is -6.27. The van der Waals surface area contributed by atoms with E-state index in [0.717, 1.165) is 13.8 Å². The van der Waals surface area contributed by atoms with Gasteiger partial charge in [-0.3, -0.25) is 86.9 Å². The summed E-state index contributed by atoms with van der Waals surface area (Å²) in [5.41, 5.74) is 26.6. The number of phenolic OH excluding ortho intramolecular Hbond substituents is 3. The summed E-state index contributed by atoms with van der Waals surface area (Å²) < 4.78 is 0. The highest BCUT2D eigenvalue weighted by atomic mass is 32.2. The zero-order valence-electron chi connectivity index (χ0n) is 77.6. The highest BCUT2D eigenvalue weighted by Gasteiger charge is 2.41. The Kier molecular flexibility index (Phi) is 42.4. The van der Waals surface area contributed by atoms with Gasteiger partial charge in [0.15, 0.2) is 12.5 Å². The number of primary amides is 1. The van der Waals surface area contributed by atoms with E-state index in [9.17, 15) is 108 Å². The van der Waals surface area contributed by atoms with Crippen molar-refractivity contribution >= 4 is 146 Å². The molecule has 7 aromatic rings. The lowest BCUT2D eigenvalue weighted by atomic mass is 9.99. The van der Waals surface area contributed by atoms with E-state index < -0.39 is 284 Å². The molecule has 0 unspecified atom stereocenters. The van der Waals surface area contributed by atoms with E-state index in [2.05, 4.69) is 95.3 Å². The molecule has 8 rings (SSSR count). The van der Waals surface area contributed by atoms with Crippen LogP contribution in [0.2, 0.25) is 0 Å². The number of phenols is 3. The van der Waals surface area contributed by atoms with Crippen molar-refractivity contribution in [2.75, 3.05) is 37.7 Å². The van der Waals surface area contributed by atoms with Gasteiger partial charge in [-0.25, -0.2) is 15.6 Å². The fourth-order valence-corrected chi connectivity index (χ4v) is 15.8. The number of aliphatic hydroxyl groups is 3. The molecule has 142 heavy (non-hydrogen) atoms. The third-order valence-electron chi connectivity index (χ3n) is 22.5. The number of carboxylic acid groups (broad SMARTS) is 2. The number of guanidine groups is 1. The summed E-state index contributed by atoms with van der Waals surface area (Å²) in [5, 5.41) is 127. The maximum Gasteiger partial charge on any atom is 0.327 e. The number of carboxylic acids is 2. The molecular weight excluding hydrogens is 1880 g/mol. The van der Waals surface area contributed by atoms with Crippen LogP contribution in [0.25, 0.3) is 21.8 Å². The van der Waals surface area contributed by atoms with E-state index in [0.29, 0.717) is 49.5 Å². The number of aliphatic hydroxyl groups excluding tert-OH is 3. The predicted molar refractivity (Wildman–Crippen MR) is 506 cm³/mol. The number of para-hydroxylation sites is 2. The molecule has 0 saturated carbocycles. The number of fused-ring (bicyclic) bond motifs is 2. The number of nitrogens with two attached hydrogens (primary N) is 3. The lowest BCUT2D eigenvalue weighted by Crippen LogP contribution is -2.63. The molecule has 5 aromatic carbocycles. The number of carbonyl (C=O) groups is 18. The summed E-state index contributed by atoms with van der Waals surface area (Å²) in [7, 11) is 0. The molecule has 51 heteroatoms. The van der Waals surface area contributed by atoms with E-state index in [1.165, 1.54) is 99.0 Å². The first-order valence-electron chi connectivity index (χ1n) is 44.9. The molecule has 1 saturated heterocycles. The minimum absolute atomic E-state index is 0.0587. The van der Waals surface area contributed by atoms with E-state index >= 15 is 19.2 Å². The number of H-pyrrole nitrogens is 2. The number of benzene rings is 5. The molecule has 3 heterocycles. The molecule has 2 aromatic heterocycles. The quantitative estimate of drug-likeness (QED) is 0.00333. The van der Waals surface area contributed by atoms with Crippen LogP contribution >= 0.6 is 11.8 Å². The Morgan fingerprint density at radius 3 is 1.30 bits per heavy atom. The van der Waals surface area contributed by atoms with Crippen molar-refractivity contribution in [2.24, 2.45) is 23.2 Å². The molecule has 0 bridgehead atoms. The van der Waals surface area contributed by atoms with Gasteiger partial charge in [0.05, 0.1) is 50.0 Å². The maximum absolute atomic E-state index is 15.4. The number of nitrogens with one attached hydrogen (secondary N) is 20. The number of ketones is 2. The number of aromatic amines is 2. The summed E-state index contributed by atoms with van der Waals surface area (Å²) in [5.74, 6) is -21.6. The van der Waals surface area contributed by atoms with Crippen molar-refractivity contribution in [3.05, 3.63) is 162 Å². The van der Waals surface area contributed by atoms with Crippen molar-refractivity contribution in [3.63, 3.8) is 0 Å². The molecule has 1 fully saturated rings. The molecule has 16 atom stereocenters. The molecule has 1 aliphatic heterocycles. The van der Waals surface area contributed by atoms with Crippen LogP contribution in [0.5, 0.6) is 17.2 Å². The Labute approximate surface area is 815 Å². The van der Waals surface area contributed by atoms with E-state index in [4.69, 9.17) is 28.3 Å². The summed E-state index contributed by atoms with van der Waals surface area (Å²) in [6.45, 7) is 2.30. The average Bonchev–Trinajstić information content (AvgIpc) is 1.69. The first-order chi connectivity index (χ1) is 67.3. The molecule has 0 radical (unpaired) electrons. The number of rotatable bonds is 27. The second-order valence-corrected chi connectivity index (χ2v) is 35.1. The Balaban J connectivity index is 1.18. The highest BCUT2D eigenvalue weighted by Crippen LogP contribution is 2.24. The average molecular weight is 2000 g/mol. The van der Waals surface area contributed by atoms with Crippen LogP contribution < -0.4 is 103 Å². The Hall–Kier alpha value is -15.7. The van der Waals surface area contributed by atoms with Crippen LogP contribution in [-0.2, 0) is 118 Å². The molecule has 1 aliphatic rings. The lowest BCUT2D eigenvalue weighted by molar-refractivity contribution is -0.626. The van der Waals surface area contributed by atoms with E-state index in [1.54, 1.807) is 48.5 Å². The number of aromatic hydroxyl groups is 3. The van der Waals surface area contributed by atoms with Crippen molar-refractivity contribution in [1.29, 1.82) is 10.9 Å². The van der Waals surface area contributed by atoms with Gasteiger partial charge in [-0.1, -0.05) is 86.6 Å². The number of hydrogen-bond donors (Lipinski definition) is 31. The number of Topliss-reactive ketones (excluding diaryl/α,β-unsaturated/α-hetero) is 2. The third-order valence-corrected chi connectivity index (χ3v) is 23.6. The summed E-state index contributed by atoms with van der Waals surface area (Å²) in [4.78, 5) is 265. The van der Waals surface area contributed by atoms with Crippen molar-refractivity contribution in [2.45, 2.75) is 195 Å². The van der Waals surface area contributed by atoms with Crippen LogP contribution in [0, 0.1) is 16.9 Å². The van der Waals surface area contributed by atoms with Crippen LogP contribution in [0.4, 0.5) is 0 Å². The number of aromatic nitrogens is 2. The molecular formula is C91H119N24O26S+. The largest absolute Gasteiger partial charge is 0.508 e. The molecule has 14 amide bonds. The minimum Gasteiger partial charge on any atom is -0.508 e. The second kappa shape index (κ2) is 54.0. The standard InChI is InChI=1S/C91H118N24O26S/c1-44(2)74-87(137)107-62(31-47-17-23-52(119)24-18-47)81(131)106-66(36-71(92)123)85(135)112-75(45(3)117)88(138)103-60(16-10-30-115(95)96)80(130)108-68(41-116)78(128)100-40-72(124)101-64(34-50-38-98-57-13-7-5-11-55(50)57)82(132)102-59(15-9-29-97-91(93)94)79(129)105-65(35-51-39-99-58-14-8-6-12-56(51)58)83(133)104-63(32-48-19-25-53(120)26-20-48)84(134)111-76(46(4)118)89(139)109-69(90(140)141)42-142-43-70(122)77(127)61(37-73(125)126)113-114-67(86(136)110-74)33-49-21-27-54(121)28-22-49/h5-8,11-14,17-28,38-39,44-46,59-69,74-76,98-99,116-118H,9-10,15-16,29-37,40-43,95-96H2,1-4H3,(H24,92,93,94,97,100,101,102,103,104,105,106,107,108,109,110,111,112,119,120,121,123,124,125,126,128,129,130,131,132,133,134,135,136,137,138,139,140,141)/p+1/t45-,46-,59-,60-,61-,62-,63-,64-,65-,66-,67-,68-,69-,74-,75-,76-/m0/s1. The highest BCUT2D eigenvalue weighted by molar-refractivity contribution is 8.00. The van der Waals surface area contributed by atoms with Crippen molar-refractivity contribution < 1.29 is 132 Å². The van der Waals surface area contributed by atoms with Gasteiger partial charge in [0.2, 0.25) is 94.3 Å². The number of carbonyl (C=O) groups excluding carboxylic acids is 16. The van der Waals surface area contributed by atoms with Gasteiger partial charge in [0, 0.05) is 78.6 Å². The van der Waals surface area contributed by atoms with Crippen LogP contribution in [0.15, 0.2) is 134 Å². The normalized spacial score (nSPS) is 23.2. The number of hydrazine groups is 2. The second-order valence-electron chi connectivity index (χ2n) is 34.1. The molecule has 34 N–H and O–H groups in total. The van der Waals surface area contributed by atoms with Crippen LogP contribution in [0.3, 0.4) is 0 Å². The van der Waals surface area contributed by atoms with Crippen molar-refractivity contribution in [3.8, 4) is 17.2 Å². The number of aliphatic carboxylic acids is 2. The number of nitrogens with zero attached hydrogens (tertiary/aromatic N) is 1. The maximum atomic E-state index is 15.4. The monoisotopic (exact) mass is 2000 g/mol. The van der Waals surface area contributed by atoms with Gasteiger partial charge in [-0.15, -0.1) is 0 Å². The van der Waals surface area contributed by atoms with Gasteiger partial charge >= 0.3 is 11.9 Å². The number of amides is 14. The van der Waals surface area contributed by atoms with Gasteiger partial charge in [0.25, 0.3) is 0 Å². The van der Waals surface area contributed by atoms with Gasteiger partial charge in [-0.05, 0) is 132 Å². The smallest absolute Gasteiger partial charge is 0.327 e. The Morgan fingerprint density at radius 2 is 0.845 bits per heavy atom. The summed E-state index contributed by atoms with van der Waals surface area (Å²) in [6, 6.07) is 2.67. The SMILES string of the molecule is CC(C)[C@@H]1NC(=O)[C@H](Cc2ccc(O)cc2)NN[C@@H](CC(=O)O)C(=O)C(=O)CSC[C@@H](C(=O)O)NC(=O)[C@H]([C@H](C)O)NC(=O)[C@H](Cc2ccc(O)cc2)NC(=O)[C@H](Cc2c[nH]c3ccccc23)NC(=O)[C@H](CCCNC(=N)N)NC(=O)[C@H](Cc2c[nH]c3ccccc23)NC(=O)CNC(=O)[C@H](CO)NC(=O)[C@H](CCC[N+](=N)N)NC(=O)[C@H]([C@H](C)O)NC(=O)[C@H](CC(N)=O)NC(=O)[C@H](Cc2ccc(O)cc2)NC1=O. The van der Waals surface area contributed by atoms with E-state index in [-0.39, 0.29) is 72.7 Å². The third kappa shape index (κ3) is 34.7. The Morgan fingerprint density at radius 1 is 0.458 bits per heavy atom. The van der Waals surface area contributed by atoms with Crippen LogP contribution in [0.1, 0.15) is 94.0 Å². The zero-order chi connectivity index (χ0) is 104. The van der Waals surface area contributed by atoms with Gasteiger partial charge in [-0.2, -0.15) is 17.6 Å².